The molecule has 0 saturated heterocycles. The number of primary amides is 1. The summed E-state index contributed by atoms with van der Waals surface area (Å²) in [6.07, 6.45) is -11.9. The summed E-state index contributed by atoms with van der Waals surface area (Å²) >= 11 is 0. The van der Waals surface area contributed by atoms with Gasteiger partial charge in [-0.05, 0) is 5.56 Å². The van der Waals surface area contributed by atoms with Crippen molar-refractivity contribution >= 4 is 5.91 Å². The molecule has 22 heavy (non-hydrogen) atoms. The molecule has 0 aliphatic carbocycles. The summed E-state index contributed by atoms with van der Waals surface area (Å²) in [5, 5.41) is 9.19. The molecule has 0 saturated carbocycles. The maximum Gasteiger partial charge on any atom is 0.430 e. The van der Waals surface area contributed by atoms with Gasteiger partial charge in [0, 0.05) is 12.1 Å². The van der Waals surface area contributed by atoms with Crippen LogP contribution in [0.4, 0.5) is 26.3 Å². The fraction of sp³-hybridized carbons (Fsp3) is 0.417. The number of alkyl halides is 6. The molecule has 124 valence electrons. The van der Waals surface area contributed by atoms with Crippen LogP contribution < -0.4 is 11.5 Å². The first-order valence-electron chi connectivity index (χ1n) is 5.82. The molecule has 1 amide bonds. The second-order valence-corrected chi connectivity index (χ2v) is 4.52. The predicted octanol–water partition coefficient (Wildman–Crippen LogP) is 1.53. The quantitative estimate of drug-likeness (QED) is 0.732. The Hall–Kier alpha value is -1.81. The molecule has 4 nitrogen and oxygen atoms in total. The Labute approximate surface area is 120 Å². The summed E-state index contributed by atoms with van der Waals surface area (Å²) in [5.41, 5.74) is 3.89. The van der Waals surface area contributed by atoms with Gasteiger partial charge in [0.2, 0.25) is 5.91 Å². The standard InChI is InChI=1S/C12H12F6N2O2/c13-11(14,15)10(22,12(16,17)18)7-3-1-6(2-4-7)8(5-19)9(20)21/h1-4,8,22H,5,19H2,(H2,20,21). The molecular formula is C12H12F6N2O2. The largest absolute Gasteiger partial charge is 0.430 e. The molecule has 1 rings (SSSR count). The molecule has 0 aliphatic heterocycles. The minimum Gasteiger partial charge on any atom is -0.369 e. The van der Waals surface area contributed by atoms with E-state index in [1.54, 1.807) is 0 Å². The predicted molar refractivity (Wildman–Crippen MR) is 63.4 cm³/mol. The van der Waals surface area contributed by atoms with E-state index in [-0.39, 0.29) is 12.1 Å². The van der Waals surface area contributed by atoms with Gasteiger partial charge in [-0.15, -0.1) is 0 Å². The molecule has 0 aromatic heterocycles. The molecule has 0 radical (unpaired) electrons. The number of aliphatic hydroxyl groups is 1. The maximum absolute atomic E-state index is 12.7. The molecule has 1 aromatic carbocycles. The van der Waals surface area contributed by atoms with Crippen molar-refractivity contribution in [3.63, 3.8) is 0 Å². The van der Waals surface area contributed by atoms with Gasteiger partial charge >= 0.3 is 12.4 Å². The highest BCUT2D eigenvalue weighted by Gasteiger charge is 2.71. The number of carbonyl (C=O) groups excluding carboxylic acids is 1. The summed E-state index contributed by atoms with van der Waals surface area (Å²) in [6.45, 7) is -0.266. The van der Waals surface area contributed by atoms with Crippen molar-refractivity contribution < 1.29 is 36.2 Å². The average Bonchev–Trinajstić information content (AvgIpc) is 2.36. The smallest absolute Gasteiger partial charge is 0.369 e. The maximum atomic E-state index is 12.7. The van der Waals surface area contributed by atoms with Crippen molar-refractivity contribution in [1.29, 1.82) is 0 Å². The zero-order chi connectivity index (χ0) is 17.3. The molecule has 0 aliphatic rings. The average molecular weight is 330 g/mol. The van der Waals surface area contributed by atoms with Gasteiger partial charge in [0.1, 0.15) is 0 Å². The molecule has 1 unspecified atom stereocenters. The summed E-state index contributed by atoms with van der Waals surface area (Å²) in [6, 6.07) is 2.53. The van der Waals surface area contributed by atoms with Crippen molar-refractivity contribution in [1.82, 2.24) is 0 Å². The molecule has 0 fully saturated rings. The topological polar surface area (TPSA) is 89.3 Å². The van der Waals surface area contributed by atoms with Gasteiger partial charge in [0.25, 0.3) is 5.60 Å². The van der Waals surface area contributed by atoms with Gasteiger partial charge in [0.05, 0.1) is 5.92 Å². The Morgan fingerprint density at radius 2 is 1.45 bits per heavy atom. The second-order valence-electron chi connectivity index (χ2n) is 4.52. The van der Waals surface area contributed by atoms with Crippen LogP contribution in [0, 0.1) is 0 Å². The molecular weight excluding hydrogens is 318 g/mol. The van der Waals surface area contributed by atoms with E-state index >= 15 is 0 Å². The monoisotopic (exact) mass is 330 g/mol. The number of halogens is 6. The Bertz CT molecular complexity index is 524. The highest BCUT2D eigenvalue weighted by Crippen LogP contribution is 2.50. The highest BCUT2D eigenvalue weighted by molar-refractivity contribution is 5.82. The Kier molecular flexibility index (Phi) is 4.78. The lowest BCUT2D eigenvalue weighted by Crippen LogP contribution is -2.53. The fourth-order valence-electron chi connectivity index (χ4n) is 1.86. The van der Waals surface area contributed by atoms with E-state index in [2.05, 4.69) is 0 Å². The normalized spacial score (nSPS) is 14.7. The molecule has 0 spiro atoms. The van der Waals surface area contributed by atoms with E-state index < -0.39 is 35.3 Å². The number of amides is 1. The van der Waals surface area contributed by atoms with Crippen LogP contribution in [0.15, 0.2) is 24.3 Å². The van der Waals surface area contributed by atoms with Gasteiger partial charge in [-0.25, -0.2) is 0 Å². The number of nitrogens with two attached hydrogens (primary N) is 2. The van der Waals surface area contributed by atoms with Crippen LogP contribution in [-0.4, -0.2) is 29.9 Å². The summed E-state index contributed by atoms with van der Waals surface area (Å²) in [4.78, 5) is 11.1. The van der Waals surface area contributed by atoms with Gasteiger partial charge in [-0.3, -0.25) is 4.79 Å². The van der Waals surface area contributed by atoms with Crippen LogP contribution in [0.2, 0.25) is 0 Å². The van der Waals surface area contributed by atoms with Crippen molar-refractivity contribution in [2.24, 2.45) is 11.5 Å². The molecule has 0 bridgehead atoms. The number of benzene rings is 1. The van der Waals surface area contributed by atoms with Crippen LogP contribution in [-0.2, 0) is 10.4 Å². The SMILES string of the molecule is NCC(C(N)=O)c1ccc(C(O)(C(F)(F)F)C(F)(F)F)cc1. The first kappa shape index (κ1) is 18.2. The van der Waals surface area contributed by atoms with Crippen molar-refractivity contribution in [2.45, 2.75) is 23.9 Å². The van der Waals surface area contributed by atoms with E-state index in [4.69, 9.17) is 11.5 Å². The van der Waals surface area contributed by atoms with Crippen LogP contribution in [0.25, 0.3) is 0 Å². The highest BCUT2D eigenvalue weighted by atomic mass is 19.4. The van der Waals surface area contributed by atoms with E-state index in [1.165, 1.54) is 0 Å². The summed E-state index contributed by atoms with van der Waals surface area (Å²) < 4.78 is 76.1. The number of carbonyl (C=O) groups is 1. The Morgan fingerprint density at radius 1 is 1.05 bits per heavy atom. The molecule has 5 N–H and O–H groups in total. The lowest BCUT2D eigenvalue weighted by Gasteiger charge is -2.32. The Morgan fingerprint density at radius 3 is 1.73 bits per heavy atom. The van der Waals surface area contributed by atoms with E-state index in [1.807, 2.05) is 0 Å². The van der Waals surface area contributed by atoms with Crippen LogP contribution in [0.3, 0.4) is 0 Å². The van der Waals surface area contributed by atoms with Crippen molar-refractivity contribution in [2.75, 3.05) is 6.54 Å². The lowest BCUT2D eigenvalue weighted by atomic mass is 9.89. The van der Waals surface area contributed by atoms with E-state index in [0.29, 0.717) is 12.1 Å². The number of hydrogen-bond acceptors (Lipinski definition) is 3. The van der Waals surface area contributed by atoms with Crippen LogP contribution >= 0.6 is 0 Å². The van der Waals surface area contributed by atoms with E-state index in [0.717, 1.165) is 12.1 Å². The van der Waals surface area contributed by atoms with Crippen molar-refractivity contribution in [3.8, 4) is 0 Å². The van der Waals surface area contributed by atoms with E-state index in [9.17, 15) is 36.2 Å². The fourth-order valence-corrected chi connectivity index (χ4v) is 1.86. The molecule has 0 heterocycles. The lowest BCUT2D eigenvalue weighted by molar-refractivity contribution is -0.376. The zero-order valence-corrected chi connectivity index (χ0v) is 10.9. The molecule has 10 heteroatoms. The molecule has 1 aromatic rings. The number of rotatable bonds is 4. The summed E-state index contributed by atoms with van der Waals surface area (Å²) in [7, 11) is 0. The first-order valence-corrected chi connectivity index (χ1v) is 5.82. The van der Waals surface area contributed by atoms with Gasteiger partial charge in [-0.2, -0.15) is 26.3 Å². The van der Waals surface area contributed by atoms with Gasteiger partial charge in [-0.1, -0.05) is 24.3 Å². The third-order valence-electron chi connectivity index (χ3n) is 3.13. The van der Waals surface area contributed by atoms with Crippen LogP contribution in [0.1, 0.15) is 17.0 Å². The summed E-state index contributed by atoms with van der Waals surface area (Å²) in [5.74, 6) is -1.93. The van der Waals surface area contributed by atoms with Crippen molar-refractivity contribution in [3.05, 3.63) is 35.4 Å². The zero-order valence-electron chi connectivity index (χ0n) is 10.9. The minimum absolute atomic E-state index is 0.0467. The van der Waals surface area contributed by atoms with Gasteiger partial charge in [0.15, 0.2) is 0 Å². The third kappa shape index (κ3) is 3.02. The van der Waals surface area contributed by atoms with Gasteiger partial charge < -0.3 is 16.6 Å². The molecule has 1 atom stereocenters. The Balaban J connectivity index is 3.35. The first-order chi connectivity index (χ1) is 9.86. The number of hydrogen-bond donors (Lipinski definition) is 3. The second kappa shape index (κ2) is 5.76. The third-order valence-corrected chi connectivity index (χ3v) is 3.13. The minimum atomic E-state index is -5.97. The van der Waals surface area contributed by atoms with Crippen LogP contribution in [0.5, 0.6) is 0 Å².